The third-order valence-electron chi connectivity index (χ3n) is 3.12. The Morgan fingerprint density at radius 3 is 2.65 bits per heavy atom. The minimum Gasteiger partial charge on any atom is -0.465 e. The highest BCUT2D eigenvalue weighted by atomic mass is 16.5. The van der Waals surface area contributed by atoms with Crippen LogP contribution in [0.2, 0.25) is 0 Å². The van der Waals surface area contributed by atoms with Gasteiger partial charge < -0.3 is 10.5 Å². The number of ether oxygens (including phenoxy) is 1. The smallest absolute Gasteiger partial charge is 0.337 e. The third kappa shape index (κ3) is 1.89. The van der Waals surface area contributed by atoms with Crippen LogP contribution < -0.4 is 5.73 Å². The molecule has 20 heavy (non-hydrogen) atoms. The number of para-hydroxylation sites is 1. The minimum atomic E-state index is -0.389. The molecule has 3 rings (SSSR count). The van der Waals surface area contributed by atoms with E-state index in [0.717, 1.165) is 11.2 Å². The molecule has 2 aromatic carbocycles. The van der Waals surface area contributed by atoms with E-state index in [-0.39, 0.29) is 5.97 Å². The summed E-state index contributed by atoms with van der Waals surface area (Å²) in [5.41, 5.74) is 8.87. The second-order valence-corrected chi connectivity index (χ2v) is 4.34. The summed E-state index contributed by atoms with van der Waals surface area (Å²) in [5.74, 6) is -0.00653. The normalized spacial score (nSPS) is 10.7. The van der Waals surface area contributed by atoms with Crippen molar-refractivity contribution in [2.75, 3.05) is 12.8 Å². The average Bonchev–Trinajstić information content (AvgIpc) is 2.82. The van der Waals surface area contributed by atoms with Gasteiger partial charge in [0.15, 0.2) is 0 Å². The molecule has 0 saturated heterocycles. The van der Waals surface area contributed by atoms with E-state index < -0.39 is 0 Å². The van der Waals surface area contributed by atoms with Crippen molar-refractivity contribution in [3.63, 3.8) is 0 Å². The first-order valence-corrected chi connectivity index (χ1v) is 6.12. The molecule has 0 unspecified atom stereocenters. The van der Waals surface area contributed by atoms with Crippen molar-refractivity contribution >= 4 is 23.0 Å². The highest BCUT2D eigenvalue weighted by molar-refractivity contribution is 5.94. The molecule has 0 aliphatic rings. The standard InChI is InChI=1S/C15H13N3O2/c1-20-14(19)10-7-8-13-12(9-10)17-15(16)18(13)11-5-3-2-4-6-11/h2-9H,1H3,(H2,16,17). The van der Waals surface area contributed by atoms with Gasteiger partial charge in [-0.15, -0.1) is 0 Å². The number of nitrogen functional groups attached to an aromatic ring is 1. The summed E-state index contributed by atoms with van der Waals surface area (Å²) >= 11 is 0. The van der Waals surface area contributed by atoms with E-state index in [1.54, 1.807) is 12.1 Å². The van der Waals surface area contributed by atoms with Crippen LogP contribution in [0.1, 0.15) is 10.4 Å². The van der Waals surface area contributed by atoms with E-state index in [9.17, 15) is 4.79 Å². The van der Waals surface area contributed by atoms with Crippen LogP contribution in [0.25, 0.3) is 16.7 Å². The quantitative estimate of drug-likeness (QED) is 0.724. The maximum absolute atomic E-state index is 11.5. The molecule has 1 heterocycles. The zero-order valence-electron chi connectivity index (χ0n) is 10.9. The average molecular weight is 267 g/mol. The predicted molar refractivity (Wildman–Crippen MR) is 76.8 cm³/mol. The molecule has 3 aromatic rings. The molecule has 5 nitrogen and oxygen atoms in total. The number of hydrogen-bond acceptors (Lipinski definition) is 4. The number of nitrogens with zero attached hydrogens (tertiary/aromatic N) is 2. The molecule has 2 N–H and O–H groups in total. The van der Waals surface area contributed by atoms with Crippen LogP contribution in [0.4, 0.5) is 5.95 Å². The number of imidazole rings is 1. The van der Waals surface area contributed by atoms with Crippen LogP contribution in [0.5, 0.6) is 0 Å². The van der Waals surface area contributed by atoms with Gasteiger partial charge in [0, 0.05) is 5.69 Å². The summed E-state index contributed by atoms with van der Waals surface area (Å²) in [4.78, 5) is 15.8. The van der Waals surface area contributed by atoms with Gasteiger partial charge in [0.2, 0.25) is 5.95 Å². The van der Waals surface area contributed by atoms with Gasteiger partial charge in [-0.1, -0.05) is 18.2 Å². The molecule has 0 bridgehead atoms. The maximum Gasteiger partial charge on any atom is 0.337 e. The first kappa shape index (κ1) is 12.2. The fraction of sp³-hybridized carbons (Fsp3) is 0.0667. The van der Waals surface area contributed by atoms with E-state index in [1.807, 2.05) is 41.0 Å². The lowest BCUT2D eigenvalue weighted by Gasteiger charge is -2.06. The van der Waals surface area contributed by atoms with Crippen LogP contribution in [-0.4, -0.2) is 22.6 Å². The Bertz CT molecular complexity index is 778. The highest BCUT2D eigenvalue weighted by Gasteiger charge is 2.13. The number of anilines is 1. The first-order chi connectivity index (χ1) is 9.70. The lowest BCUT2D eigenvalue weighted by Crippen LogP contribution is -2.01. The largest absolute Gasteiger partial charge is 0.465 e. The van der Waals surface area contributed by atoms with Gasteiger partial charge in [0.1, 0.15) is 0 Å². The molecule has 0 atom stereocenters. The molecule has 1 aromatic heterocycles. The Labute approximate surface area is 115 Å². The molecule has 0 aliphatic carbocycles. The fourth-order valence-corrected chi connectivity index (χ4v) is 2.19. The van der Waals surface area contributed by atoms with Crippen molar-refractivity contribution in [2.45, 2.75) is 0 Å². The van der Waals surface area contributed by atoms with Crippen molar-refractivity contribution in [3.05, 3.63) is 54.1 Å². The number of methoxy groups -OCH3 is 1. The minimum absolute atomic E-state index is 0.383. The van der Waals surface area contributed by atoms with E-state index in [1.165, 1.54) is 7.11 Å². The number of benzene rings is 2. The first-order valence-electron chi connectivity index (χ1n) is 6.12. The summed E-state index contributed by atoms with van der Waals surface area (Å²) in [6, 6.07) is 14.9. The number of carbonyl (C=O) groups is 1. The van der Waals surface area contributed by atoms with Crippen molar-refractivity contribution in [2.24, 2.45) is 0 Å². The zero-order valence-corrected chi connectivity index (χ0v) is 10.9. The SMILES string of the molecule is COC(=O)c1ccc2c(c1)nc(N)n2-c1ccccc1. The van der Waals surface area contributed by atoms with Gasteiger partial charge in [-0.05, 0) is 30.3 Å². The second kappa shape index (κ2) is 4.70. The van der Waals surface area contributed by atoms with Crippen molar-refractivity contribution in [1.82, 2.24) is 9.55 Å². The van der Waals surface area contributed by atoms with E-state index in [2.05, 4.69) is 4.98 Å². The molecule has 100 valence electrons. The summed E-state index contributed by atoms with van der Waals surface area (Å²) in [7, 11) is 1.35. The van der Waals surface area contributed by atoms with E-state index in [0.29, 0.717) is 17.0 Å². The molecule has 0 saturated carbocycles. The van der Waals surface area contributed by atoms with Gasteiger partial charge in [0.25, 0.3) is 0 Å². The molecular formula is C15H13N3O2. The maximum atomic E-state index is 11.5. The number of carbonyl (C=O) groups excluding carboxylic acids is 1. The number of esters is 1. The number of aromatic nitrogens is 2. The Balaban J connectivity index is 2.20. The summed E-state index contributed by atoms with van der Waals surface area (Å²) in [6.45, 7) is 0. The van der Waals surface area contributed by atoms with Gasteiger partial charge in [-0.3, -0.25) is 4.57 Å². The van der Waals surface area contributed by atoms with Gasteiger partial charge in [-0.25, -0.2) is 9.78 Å². The topological polar surface area (TPSA) is 70.1 Å². The molecule has 0 radical (unpaired) electrons. The molecule has 5 heteroatoms. The third-order valence-corrected chi connectivity index (χ3v) is 3.12. The molecule has 0 spiro atoms. The lowest BCUT2D eigenvalue weighted by atomic mass is 10.2. The van der Waals surface area contributed by atoms with Crippen molar-refractivity contribution in [3.8, 4) is 5.69 Å². The van der Waals surface area contributed by atoms with E-state index in [4.69, 9.17) is 10.5 Å². The molecule has 0 aliphatic heterocycles. The fourth-order valence-electron chi connectivity index (χ4n) is 2.19. The van der Waals surface area contributed by atoms with Crippen LogP contribution in [0.15, 0.2) is 48.5 Å². The Kier molecular flexibility index (Phi) is 2.87. The van der Waals surface area contributed by atoms with Gasteiger partial charge in [-0.2, -0.15) is 0 Å². The number of fused-ring (bicyclic) bond motifs is 1. The predicted octanol–water partition coefficient (Wildman–Crippen LogP) is 2.39. The number of nitrogens with two attached hydrogens (primary N) is 1. The van der Waals surface area contributed by atoms with Crippen molar-refractivity contribution < 1.29 is 9.53 Å². The lowest BCUT2D eigenvalue weighted by molar-refractivity contribution is 0.0601. The Morgan fingerprint density at radius 2 is 1.95 bits per heavy atom. The van der Waals surface area contributed by atoms with Crippen LogP contribution in [0.3, 0.4) is 0 Å². The van der Waals surface area contributed by atoms with Gasteiger partial charge >= 0.3 is 5.97 Å². The molecule has 0 fully saturated rings. The van der Waals surface area contributed by atoms with E-state index >= 15 is 0 Å². The van der Waals surface area contributed by atoms with Crippen molar-refractivity contribution in [1.29, 1.82) is 0 Å². The van der Waals surface area contributed by atoms with Crippen LogP contribution in [-0.2, 0) is 4.74 Å². The number of rotatable bonds is 2. The summed E-state index contributed by atoms with van der Waals surface area (Å²) in [6.07, 6.45) is 0. The molecular weight excluding hydrogens is 254 g/mol. The second-order valence-electron chi connectivity index (χ2n) is 4.34. The van der Waals surface area contributed by atoms with Crippen LogP contribution >= 0.6 is 0 Å². The summed E-state index contributed by atoms with van der Waals surface area (Å²) < 4.78 is 6.55. The Morgan fingerprint density at radius 1 is 1.20 bits per heavy atom. The summed E-state index contributed by atoms with van der Waals surface area (Å²) in [5, 5.41) is 0. The highest BCUT2D eigenvalue weighted by Crippen LogP contribution is 2.23. The Hall–Kier alpha value is -2.82. The zero-order chi connectivity index (χ0) is 14.1. The number of hydrogen-bond donors (Lipinski definition) is 1. The monoisotopic (exact) mass is 267 g/mol. The van der Waals surface area contributed by atoms with Crippen LogP contribution in [0, 0.1) is 0 Å². The molecule has 0 amide bonds. The van der Waals surface area contributed by atoms with Gasteiger partial charge in [0.05, 0.1) is 23.7 Å².